The molecule has 1 N–H and O–H groups in total. The monoisotopic (exact) mass is 297 g/mol. The van der Waals surface area contributed by atoms with E-state index in [2.05, 4.69) is 4.98 Å². The van der Waals surface area contributed by atoms with Crippen LogP contribution in [0.3, 0.4) is 0 Å². The Bertz CT molecular complexity index is 875. The van der Waals surface area contributed by atoms with Crippen LogP contribution in [0.1, 0.15) is 22.3 Å². The Morgan fingerprint density at radius 2 is 2.05 bits per heavy atom. The molecular weight excluding hydrogens is 282 g/mol. The van der Waals surface area contributed by atoms with Gasteiger partial charge in [-0.1, -0.05) is 18.2 Å². The second kappa shape index (κ2) is 5.89. The molecule has 3 aromatic rings. The number of nitrogens with one attached hydrogen (secondary N) is 1. The molecule has 0 saturated carbocycles. The van der Waals surface area contributed by atoms with E-state index in [0.29, 0.717) is 29.5 Å². The highest BCUT2D eigenvalue weighted by Crippen LogP contribution is 2.20. The topological polar surface area (TPSA) is 72.3 Å². The molecule has 0 bridgehead atoms. The van der Waals surface area contributed by atoms with Crippen molar-refractivity contribution in [3.05, 3.63) is 64.1 Å². The van der Waals surface area contributed by atoms with E-state index in [4.69, 9.17) is 9.15 Å². The summed E-state index contributed by atoms with van der Waals surface area (Å²) in [5.41, 5.74) is 2.51. The Labute approximate surface area is 126 Å². The van der Waals surface area contributed by atoms with Crippen LogP contribution in [0, 0.1) is 0 Å². The van der Waals surface area contributed by atoms with E-state index in [-0.39, 0.29) is 5.78 Å². The van der Waals surface area contributed by atoms with E-state index in [1.54, 1.807) is 25.3 Å². The summed E-state index contributed by atoms with van der Waals surface area (Å²) in [5.74, 6) is 0.257. The number of methoxy groups -OCH3 is 1. The molecule has 5 heteroatoms. The molecule has 0 fully saturated rings. The van der Waals surface area contributed by atoms with Gasteiger partial charge in [0.15, 0.2) is 11.4 Å². The molecule has 0 aliphatic heterocycles. The molecule has 0 saturated heterocycles. The second-order valence-electron chi connectivity index (χ2n) is 4.96. The minimum absolute atomic E-state index is 0.00310. The summed E-state index contributed by atoms with van der Waals surface area (Å²) in [6.07, 6.45) is 0.957. The number of H-pyrrole nitrogens is 1. The second-order valence-corrected chi connectivity index (χ2v) is 4.96. The summed E-state index contributed by atoms with van der Waals surface area (Å²) in [6.45, 7) is 0. The van der Waals surface area contributed by atoms with E-state index in [9.17, 15) is 9.59 Å². The van der Waals surface area contributed by atoms with Gasteiger partial charge in [-0.05, 0) is 36.2 Å². The number of aromatic amines is 1. The van der Waals surface area contributed by atoms with Gasteiger partial charge in [0.05, 0.1) is 12.6 Å². The highest BCUT2D eigenvalue weighted by Gasteiger charge is 2.11. The summed E-state index contributed by atoms with van der Waals surface area (Å²) in [4.78, 5) is 26.0. The number of para-hydroxylation sites is 1. The molecule has 0 atom stereocenters. The van der Waals surface area contributed by atoms with Crippen LogP contribution < -0.4 is 10.5 Å². The number of aromatic nitrogens is 1. The van der Waals surface area contributed by atoms with Gasteiger partial charge in [-0.25, -0.2) is 4.79 Å². The third-order valence-corrected chi connectivity index (χ3v) is 3.56. The number of benzene rings is 2. The zero-order chi connectivity index (χ0) is 15.5. The van der Waals surface area contributed by atoms with Crippen molar-refractivity contribution < 1.29 is 13.9 Å². The third-order valence-electron chi connectivity index (χ3n) is 3.56. The van der Waals surface area contributed by atoms with Crippen molar-refractivity contribution in [3.8, 4) is 5.75 Å². The maximum atomic E-state index is 12.3. The van der Waals surface area contributed by atoms with Gasteiger partial charge in [0, 0.05) is 12.0 Å². The highest BCUT2D eigenvalue weighted by molar-refractivity contribution is 5.98. The number of hydrogen-bond acceptors (Lipinski definition) is 4. The number of ether oxygens (including phenoxy) is 1. The first kappa shape index (κ1) is 14.1. The van der Waals surface area contributed by atoms with Crippen LogP contribution in [0.25, 0.3) is 11.1 Å². The number of aryl methyl sites for hydroxylation is 1. The smallest absolute Gasteiger partial charge is 0.417 e. The number of Topliss-reactive ketones (excluding diaryl/α,β-unsaturated/α-hetero) is 1. The van der Waals surface area contributed by atoms with Gasteiger partial charge in [0.2, 0.25) is 0 Å². The molecule has 1 heterocycles. The minimum Gasteiger partial charge on any atom is -0.496 e. The first-order chi connectivity index (χ1) is 10.7. The van der Waals surface area contributed by atoms with E-state index < -0.39 is 5.76 Å². The van der Waals surface area contributed by atoms with Gasteiger partial charge >= 0.3 is 5.76 Å². The fourth-order valence-corrected chi connectivity index (χ4v) is 2.42. The van der Waals surface area contributed by atoms with Crippen molar-refractivity contribution in [1.82, 2.24) is 4.98 Å². The molecule has 112 valence electrons. The minimum atomic E-state index is -0.520. The molecule has 22 heavy (non-hydrogen) atoms. The first-order valence-electron chi connectivity index (χ1n) is 6.95. The first-order valence-corrected chi connectivity index (χ1v) is 6.95. The zero-order valence-corrected chi connectivity index (χ0v) is 12.1. The Balaban J connectivity index is 1.76. The molecule has 0 unspecified atom stereocenters. The average Bonchev–Trinajstić information content (AvgIpc) is 2.91. The Morgan fingerprint density at radius 3 is 2.86 bits per heavy atom. The third kappa shape index (κ3) is 2.79. The summed E-state index contributed by atoms with van der Waals surface area (Å²) >= 11 is 0. The van der Waals surface area contributed by atoms with Crippen LogP contribution >= 0.6 is 0 Å². The summed E-state index contributed by atoms with van der Waals surface area (Å²) in [6, 6.07) is 12.6. The molecule has 2 aromatic carbocycles. The maximum absolute atomic E-state index is 12.3. The van der Waals surface area contributed by atoms with Crippen molar-refractivity contribution in [2.75, 3.05) is 7.11 Å². The van der Waals surface area contributed by atoms with Gasteiger partial charge in [-0.2, -0.15) is 0 Å². The summed E-state index contributed by atoms with van der Waals surface area (Å²) in [7, 11) is 1.61. The molecule has 0 amide bonds. The van der Waals surface area contributed by atoms with Gasteiger partial charge in [-0.15, -0.1) is 0 Å². The van der Waals surface area contributed by atoms with Crippen molar-refractivity contribution >= 4 is 16.9 Å². The average molecular weight is 297 g/mol. The number of carbonyl (C=O) groups excluding carboxylic acids is 1. The van der Waals surface area contributed by atoms with Crippen LogP contribution in [0.5, 0.6) is 5.75 Å². The van der Waals surface area contributed by atoms with Crippen molar-refractivity contribution in [3.63, 3.8) is 0 Å². The fraction of sp³-hybridized carbons (Fsp3) is 0.176. The lowest BCUT2D eigenvalue weighted by molar-refractivity contribution is 0.0982. The van der Waals surface area contributed by atoms with Crippen LogP contribution in [-0.4, -0.2) is 17.9 Å². The van der Waals surface area contributed by atoms with Crippen LogP contribution in [0.2, 0.25) is 0 Å². The number of carbonyl (C=O) groups is 1. The lowest BCUT2D eigenvalue weighted by atomic mass is 10.0. The Hall–Kier alpha value is -2.82. The SMILES string of the molecule is COc1ccccc1CCC(=O)c1ccc2[nH]c(=O)oc2c1. The van der Waals surface area contributed by atoms with Crippen molar-refractivity contribution in [2.24, 2.45) is 0 Å². The largest absolute Gasteiger partial charge is 0.496 e. The number of oxazole rings is 1. The van der Waals surface area contributed by atoms with Crippen LogP contribution in [0.15, 0.2) is 51.7 Å². The van der Waals surface area contributed by atoms with Crippen molar-refractivity contribution in [1.29, 1.82) is 0 Å². The Kier molecular flexibility index (Phi) is 3.78. The lowest BCUT2D eigenvalue weighted by Gasteiger charge is -2.07. The highest BCUT2D eigenvalue weighted by atomic mass is 16.5. The quantitative estimate of drug-likeness (QED) is 0.735. The van der Waals surface area contributed by atoms with E-state index in [1.807, 2.05) is 24.3 Å². The van der Waals surface area contributed by atoms with E-state index in [0.717, 1.165) is 11.3 Å². The maximum Gasteiger partial charge on any atom is 0.417 e. The standard InChI is InChI=1S/C17H15NO4/c1-21-15-5-3-2-4-11(15)7-9-14(19)12-6-8-13-16(10-12)22-17(20)18-13/h2-6,8,10H,7,9H2,1H3,(H,18,20). The van der Waals surface area contributed by atoms with Gasteiger partial charge in [0.1, 0.15) is 5.75 Å². The molecule has 0 radical (unpaired) electrons. The molecule has 1 aromatic heterocycles. The van der Waals surface area contributed by atoms with Crippen molar-refractivity contribution in [2.45, 2.75) is 12.8 Å². The predicted octanol–water partition coefficient (Wildman–Crippen LogP) is 2.95. The number of fused-ring (bicyclic) bond motifs is 1. The predicted molar refractivity (Wildman–Crippen MR) is 82.5 cm³/mol. The fourth-order valence-electron chi connectivity index (χ4n) is 2.42. The van der Waals surface area contributed by atoms with E-state index >= 15 is 0 Å². The normalized spacial score (nSPS) is 10.8. The molecule has 0 aliphatic carbocycles. The molecule has 3 rings (SSSR count). The van der Waals surface area contributed by atoms with E-state index in [1.165, 1.54) is 0 Å². The number of ketones is 1. The number of rotatable bonds is 5. The zero-order valence-electron chi connectivity index (χ0n) is 12.1. The van der Waals surface area contributed by atoms with Gasteiger partial charge < -0.3 is 9.15 Å². The van der Waals surface area contributed by atoms with Crippen LogP contribution in [-0.2, 0) is 6.42 Å². The number of hydrogen-bond donors (Lipinski definition) is 1. The summed E-state index contributed by atoms with van der Waals surface area (Å²) in [5, 5.41) is 0. The molecular formula is C17H15NO4. The Morgan fingerprint density at radius 1 is 1.23 bits per heavy atom. The summed E-state index contributed by atoms with van der Waals surface area (Å²) < 4.78 is 10.3. The van der Waals surface area contributed by atoms with Crippen LogP contribution in [0.4, 0.5) is 0 Å². The van der Waals surface area contributed by atoms with Gasteiger partial charge in [-0.3, -0.25) is 9.78 Å². The molecule has 0 aliphatic rings. The lowest BCUT2D eigenvalue weighted by Crippen LogP contribution is -2.02. The molecule has 0 spiro atoms. The van der Waals surface area contributed by atoms with Gasteiger partial charge in [0.25, 0.3) is 0 Å². The molecule has 5 nitrogen and oxygen atoms in total.